The SMILES string of the molecule is CCOc1cc(C(Cc2ccc(C(=N)N)cc2)c2nn(-c3ccccc3OC)c(=O)[nH]2)ccc1OC(C)CN(C)C. The van der Waals surface area contributed by atoms with Gasteiger partial charge in [0.2, 0.25) is 0 Å². The van der Waals surface area contributed by atoms with Crippen LogP contribution < -0.4 is 25.6 Å². The lowest BCUT2D eigenvalue weighted by Gasteiger charge is -2.22. The van der Waals surface area contributed by atoms with Crippen molar-refractivity contribution in [3.8, 4) is 22.9 Å². The molecule has 10 nitrogen and oxygen atoms in total. The Hall–Kier alpha value is -4.57. The second-order valence-corrected chi connectivity index (χ2v) is 10.1. The molecule has 0 fully saturated rings. The van der Waals surface area contributed by atoms with Crippen molar-refractivity contribution >= 4 is 5.84 Å². The predicted octanol–water partition coefficient (Wildman–Crippen LogP) is 3.96. The zero-order chi connectivity index (χ0) is 29.5. The number of rotatable bonds is 13. The fourth-order valence-electron chi connectivity index (χ4n) is 4.77. The van der Waals surface area contributed by atoms with Crippen molar-refractivity contribution in [1.82, 2.24) is 19.7 Å². The van der Waals surface area contributed by atoms with E-state index >= 15 is 0 Å². The number of methoxy groups -OCH3 is 1. The van der Waals surface area contributed by atoms with E-state index < -0.39 is 0 Å². The zero-order valence-corrected chi connectivity index (χ0v) is 24.2. The number of amidine groups is 1. The normalized spacial score (nSPS) is 12.6. The molecule has 0 amide bonds. The number of likely N-dealkylation sites (N-methyl/N-ethyl adjacent to an activating group) is 1. The van der Waals surface area contributed by atoms with E-state index in [1.807, 2.05) is 82.5 Å². The van der Waals surface area contributed by atoms with Gasteiger partial charge in [-0.1, -0.05) is 42.5 Å². The number of nitrogen functional groups attached to an aromatic ring is 1. The molecule has 3 aromatic carbocycles. The zero-order valence-electron chi connectivity index (χ0n) is 24.2. The predicted molar refractivity (Wildman–Crippen MR) is 160 cm³/mol. The van der Waals surface area contributed by atoms with Gasteiger partial charge in [-0.3, -0.25) is 10.4 Å². The van der Waals surface area contributed by atoms with Gasteiger partial charge in [0.25, 0.3) is 0 Å². The molecule has 0 bridgehead atoms. The number of hydrogen-bond acceptors (Lipinski definition) is 7. The molecule has 1 aromatic heterocycles. The first-order chi connectivity index (χ1) is 19.7. The molecule has 0 saturated carbocycles. The lowest BCUT2D eigenvalue weighted by molar-refractivity contribution is 0.168. The standard InChI is InChI=1S/C31H38N6O4/c1-6-40-28-18-23(15-16-27(28)41-20(2)19-36(3)4)24(17-21-11-13-22(14-12-21)29(32)33)30-34-31(38)37(35-30)25-9-7-8-10-26(25)39-5/h7-16,18,20,24H,6,17,19H2,1-5H3,(H3,32,33)(H,34,35,38). The third kappa shape index (κ3) is 7.15. The van der Waals surface area contributed by atoms with Crippen LogP contribution in [0.5, 0.6) is 17.2 Å². The van der Waals surface area contributed by atoms with Gasteiger partial charge in [0.15, 0.2) is 11.5 Å². The summed E-state index contributed by atoms with van der Waals surface area (Å²) >= 11 is 0. The second-order valence-electron chi connectivity index (χ2n) is 10.1. The number of H-pyrrole nitrogens is 1. The number of nitrogens with two attached hydrogens (primary N) is 1. The Morgan fingerprint density at radius 1 is 1.07 bits per heavy atom. The highest BCUT2D eigenvalue weighted by molar-refractivity contribution is 5.94. The Labute approximate surface area is 240 Å². The van der Waals surface area contributed by atoms with Crippen LogP contribution in [-0.2, 0) is 6.42 Å². The highest BCUT2D eigenvalue weighted by atomic mass is 16.5. The number of ether oxygens (including phenoxy) is 3. The number of aromatic amines is 1. The smallest absolute Gasteiger partial charge is 0.348 e. The van der Waals surface area contributed by atoms with Crippen LogP contribution in [0.1, 0.15) is 42.3 Å². The summed E-state index contributed by atoms with van der Waals surface area (Å²) in [5.41, 5.74) is 8.37. The molecule has 0 saturated heterocycles. The van der Waals surface area contributed by atoms with Crippen molar-refractivity contribution in [1.29, 1.82) is 5.41 Å². The molecule has 2 atom stereocenters. The Kier molecular flexibility index (Phi) is 9.46. The summed E-state index contributed by atoms with van der Waals surface area (Å²) in [4.78, 5) is 18.2. The Balaban J connectivity index is 1.78. The molecule has 1 heterocycles. The van der Waals surface area contributed by atoms with E-state index in [1.54, 1.807) is 19.2 Å². The van der Waals surface area contributed by atoms with Crippen molar-refractivity contribution in [2.24, 2.45) is 5.73 Å². The molecule has 4 rings (SSSR count). The minimum absolute atomic E-state index is 0.00780. The summed E-state index contributed by atoms with van der Waals surface area (Å²) in [6, 6.07) is 20.6. The van der Waals surface area contributed by atoms with E-state index in [9.17, 15) is 4.79 Å². The van der Waals surface area contributed by atoms with E-state index in [0.717, 1.165) is 17.7 Å². The maximum atomic E-state index is 13.2. The first-order valence-corrected chi connectivity index (χ1v) is 13.5. The summed E-state index contributed by atoms with van der Waals surface area (Å²) in [5, 5.41) is 12.4. The fraction of sp³-hybridized carbons (Fsp3) is 0.323. The van der Waals surface area contributed by atoms with Gasteiger partial charge < -0.3 is 24.8 Å². The number of nitrogens with one attached hydrogen (secondary N) is 2. The minimum Gasteiger partial charge on any atom is -0.494 e. The molecule has 2 unspecified atom stereocenters. The van der Waals surface area contributed by atoms with Crippen molar-refractivity contribution in [2.75, 3.05) is 34.4 Å². The Morgan fingerprint density at radius 3 is 2.46 bits per heavy atom. The summed E-state index contributed by atoms with van der Waals surface area (Å²) in [7, 11) is 5.57. The highest BCUT2D eigenvalue weighted by Gasteiger charge is 2.24. The van der Waals surface area contributed by atoms with Gasteiger partial charge >= 0.3 is 5.69 Å². The lowest BCUT2D eigenvalue weighted by atomic mass is 9.90. The summed E-state index contributed by atoms with van der Waals surface area (Å²) in [6.07, 6.45) is 0.485. The molecule has 41 heavy (non-hydrogen) atoms. The van der Waals surface area contributed by atoms with E-state index in [1.165, 1.54) is 4.68 Å². The van der Waals surface area contributed by atoms with Gasteiger partial charge in [-0.2, -0.15) is 4.68 Å². The average molecular weight is 559 g/mol. The van der Waals surface area contributed by atoms with Gasteiger partial charge in [-0.25, -0.2) is 4.79 Å². The molecule has 0 radical (unpaired) electrons. The van der Waals surface area contributed by atoms with Crippen molar-refractivity contribution in [3.05, 3.63) is 99.7 Å². The van der Waals surface area contributed by atoms with E-state index in [-0.39, 0.29) is 23.5 Å². The molecular weight excluding hydrogens is 520 g/mol. The van der Waals surface area contributed by atoms with Gasteiger partial charge in [-0.05, 0) is 69.8 Å². The van der Waals surface area contributed by atoms with Crippen LogP contribution in [0, 0.1) is 5.41 Å². The van der Waals surface area contributed by atoms with Gasteiger partial charge in [-0.15, -0.1) is 5.10 Å². The first-order valence-electron chi connectivity index (χ1n) is 13.5. The maximum Gasteiger partial charge on any atom is 0.348 e. The van der Waals surface area contributed by atoms with Gasteiger partial charge in [0.1, 0.15) is 29.2 Å². The van der Waals surface area contributed by atoms with Crippen LogP contribution in [-0.4, -0.2) is 66.0 Å². The molecule has 216 valence electrons. The number of benzene rings is 3. The van der Waals surface area contributed by atoms with Crippen LogP contribution in [0.4, 0.5) is 0 Å². The Morgan fingerprint density at radius 2 is 1.80 bits per heavy atom. The summed E-state index contributed by atoms with van der Waals surface area (Å²) in [6.45, 7) is 5.18. The van der Waals surface area contributed by atoms with Crippen LogP contribution in [0.25, 0.3) is 5.69 Å². The molecule has 0 aliphatic heterocycles. The topological polar surface area (TPSA) is 131 Å². The van der Waals surface area contributed by atoms with E-state index in [2.05, 4.69) is 9.88 Å². The highest BCUT2D eigenvalue weighted by Crippen LogP contribution is 2.35. The number of aromatic nitrogens is 3. The van der Waals surface area contributed by atoms with E-state index in [4.69, 9.17) is 30.5 Å². The molecule has 0 aliphatic rings. The monoisotopic (exact) mass is 558 g/mol. The maximum absolute atomic E-state index is 13.2. The summed E-state index contributed by atoms with van der Waals surface area (Å²) in [5.74, 6) is 1.99. The quantitative estimate of drug-likeness (QED) is 0.167. The van der Waals surface area contributed by atoms with Crippen molar-refractivity contribution in [3.63, 3.8) is 0 Å². The van der Waals surface area contributed by atoms with Crippen LogP contribution in [0.2, 0.25) is 0 Å². The average Bonchev–Trinajstić information content (AvgIpc) is 3.33. The molecule has 0 aliphatic carbocycles. The lowest BCUT2D eigenvalue weighted by Crippen LogP contribution is -2.28. The largest absolute Gasteiger partial charge is 0.494 e. The van der Waals surface area contributed by atoms with Crippen molar-refractivity contribution in [2.45, 2.75) is 32.3 Å². The summed E-state index contributed by atoms with van der Waals surface area (Å²) < 4.78 is 19.0. The first kappa shape index (κ1) is 29.4. The van der Waals surface area contributed by atoms with Crippen LogP contribution >= 0.6 is 0 Å². The van der Waals surface area contributed by atoms with Crippen LogP contribution in [0.3, 0.4) is 0 Å². The number of para-hydroxylation sites is 2. The third-order valence-corrected chi connectivity index (χ3v) is 6.60. The molecule has 0 spiro atoms. The van der Waals surface area contributed by atoms with Gasteiger partial charge in [0.05, 0.1) is 13.7 Å². The number of nitrogens with zero attached hydrogens (tertiary/aromatic N) is 3. The third-order valence-electron chi connectivity index (χ3n) is 6.60. The van der Waals surface area contributed by atoms with Gasteiger partial charge in [0, 0.05) is 18.0 Å². The Bertz CT molecular complexity index is 1530. The fourth-order valence-corrected chi connectivity index (χ4v) is 4.77. The van der Waals surface area contributed by atoms with Crippen LogP contribution in [0.15, 0.2) is 71.5 Å². The van der Waals surface area contributed by atoms with Crippen molar-refractivity contribution < 1.29 is 14.2 Å². The van der Waals surface area contributed by atoms with E-state index in [0.29, 0.717) is 47.4 Å². The molecule has 4 aromatic rings. The molecular formula is C31H38N6O4. The second kappa shape index (κ2) is 13.2. The molecule has 10 heteroatoms. The molecule has 4 N–H and O–H groups in total. The minimum atomic E-state index is -0.371. The number of hydrogen-bond donors (Lipinski definition) is 3.